The van der Waals surface area contributed by atoms with E-state index in [9.17, 15) is 0 Å². The van der Waals surface area contributed by atoms with Crippen LogP contribution in [0.3, 0.4) is 0 Å². The quantitative estimate of drug-likeness (QED) is 0.435. The van der Waals surface area contributed by atoms with Gasteiger partial charge in [0, 0.05) is 11.1 Å². The number of piperidine rings is 1. The second-order valence-corrected chi connectivity index (χ2v) is 11.7. The summed E-state index contributed by atoms with van der Waals surface area (Å²) in [4.78, 5) is 0. The molecule has 3 aliphatic carbocycles. The van der Waals surface area contributed by atoms with Crippen LogP contribution in [0.2, 0.25) is 5.02 Å². The molecular formula is C29H49ClN2O2. The molecule has 6 rings (SSSR count). The first kappa shape index (κ1) is 27.9. The zero-order valence-electron chi connectivity index (χ0n) is 21.6. The highest BCUT2D eigenvalue weighted by molar-refractivity contribution is 6.30. The third kappa shape index (κ3) is 10.1. The van der Waals surface area contributed by atoms with E-state index in [1.54, 1.807) is 0 Å². The van der Waals surface area contributed by atoms with Crippen molar-refractivity contribution < 1.29 is 9.84 Å². The van der Waals surface area contributed by atoms with Gasteiger partial charge in [0.05, 0.1) is 18.3 Å². The first-order valence-corrected chi connectivity index (χ1v) is 14.3. The number of ether oxygens (including phenoxy) is 1. The zero-order chi connectivity index (χ0) is 24.3. The van der Waals surface area contributed by atoms with E-state index in [0.29, 0.717) is 24.2 Å². The molecule has 0 radical (unpaired) electrons. The minimum atomic E-state index is 0.0139. The summed E-state index contributed by atoms with van der Waals surface area (Å²) < 4.78 is 5.15. The number of fused-ring (bicyclic) bond motifs is 1. The molecule has 34 heavy (non-hydrogen) atoms. The maximum absolute atomic E-state index is 9.00. The maximum atomic E-state index is 9.00. The Balaban J connectivity index is 0.000000137. The molecule has 0 spiro atoms. The van der Waals surface area contributed by atoms with E-state index in [0.717, 1.165) is 23.3 Å². The van der Waals surface area contributed by atoms with E-state index in [1.807, 2.05) is 12.1 Å². The molecule has 0 bridgehead atoms. The average Bonchev–Trinajstić information content (AvgIpc) is 3.10. The summed E-state index contributed by atoms with van der Waals surface area (Å²) in [6.45, 7) is 6.70. The fourth-order valence-corrected chi connectivity index (χ4v) is 5.67. The van der Waals surface area contributed by atoms with Crippen LogP contribution in [0.4, 0.5) is 0 Å². The van der Waals surface area contributed by atoms with Crippen molar-refractivity contribution in [1.29, 1.82) is 0 Å². The number of halogens is 1. The summed E-state index contributed by atoms with van der Waals surface area (Å²) in [5.41, 5.74) is 7.10. The van der Waals surface area contributed by atoms with E-state index >= 15 is 0 Å². The number of nitrogens with two attached hydrogens (primary N) is 1. The lowest BCUT2D eigenvalue weighted by atomic mass is 9.91. The molecule has 1 aromatic carbocycles. The standard InChI is InChI=1S/C12H16ClN.C6H13N.C6H12O.C5H8O/c13-12-3-1-10(2-4-12)9-11-5-7-14-8-6-11;2*1-5-3-2-4-6(5)7;1-2-4-5(3-1)6-4/h1-4,11,14H,5-9H2;5-6H,2-4,7H2,1H3;5-7H,2-4H2,1H3;4-5H,1-3H2/t;2*5-,6-;/m.11./s1. The van der Waals surface area contributed by atoms with Crippen molar-refractivity contribution in [3.8, 4) is 0 Å². The van der Waals surface area contributed by atoms with Gasteiger partial charge in [0.1, 0.15) is 0 Å². The van der Waals surface area contributed by atoms with Crippen molar-refractivity contribution in [1.82, 2.24) is 5.32 Å². The lowest BCUT2D eigenvalue weighted by molar-refractivity contribution is 0.141. The van der Waals surface area contributed by atoms with Gasteiger partial charge in [0.25, 0.3) is 0 Å². The van der Waals surface area contributed by atoms with Crippen LogP contribution in [-0.4, -0.2) is 42.5 Å². The van der Waals surface area contributed by atoms with Crippen molar-refractivity contribution in [2.45, 2.75) is 115 Å². The molecule has 5 aliphatic rings. The molecule has 0 amide bonds. The van der Waals surface area contributed by atoms with Gasteiger partial charge in [-0.3, -0.25) is 0 Å². The summed E-state index contributed by atoms with van der Waals surface area (Å²) in [6, 6.07) is 8.77. The van der Waals surface area contributed by atoms with Gasteiger partial charge in [-0.15, -0.1) is 0 Å². The van der Waals surface area contributed by atoms with Gasteiger partial charge in [-0.05, 0) is 113 Å². The van der Waals surface area contributed by atoms with Gasteiger partial charge in [0.2, 0.25) is 0 Å². The first-order chi connectivity index (χ1) is 16.4. The molecule has 3 saturated carbocycles. The van der Waals surface area contributed by atoms with Gasteiger partial charge < -0.3 is 20.9 Å². The normalized spacial score (nSPS) is 34.0. The van der Waals surface area contributed by atoms with Crippen molar-refractivity contribution >= 4 is 11.6 Å². The molecule has 2 unspecified atom stereocenters. The van der Waals surface area contributed by atoms with Crippen LogP contribution in [0.5, 0.6) is 0 Å². The predicted octanol–water partition coefficient (Wildman–Crippen LogP) is 6.12. The van der Waals surface area contributed by atoms with Crippen molar-refractivity contribution in [3.63, 3.8) is 0 Å². The topological polar surface area (TPSA) is 70.8 Å². The van der Waals surface area contributed by atoms with Gasteiger partial charge in [0.15, 0.2) is 0 Å². The second-order valence-electron chi connectivity index (χ2n) is 11.2. The summed E-state index contributed by atoms with van der Waals surface area (Å²) in [5.74, 6) is 2.22. The van der Waals surface area contributed by atoms with Crippen LogP contribution in [0.15, 0.2) is 24.3 Å². The van der Waals surface area contributed by atoms with Crippen molar-refractivity contribution in [2.75, 3.05) is 13.1 Å². The second kappa shape index (κ2) is 14.8. The number of hydrogen-bond donors (Lipinski definition) is 3. The summed E-state index contributed by atoms with van der Waals surface area (Å²) in [7, 11) is 0. The Morgan fingerprint density at radius 2 is 1.44 bits per heavy atom. The van der Waals surface area contributed by atoms with Gasteiger partial charge in [-0.25, -0.2) is 0 Å². The highest BCUT2D eigenvalue weighted by atomic mass is 35.5. The maximum Gasteiger partial charge on any atom is 0.0841 e. The Kier molecular flexibility index (Phi) is 12.2. The Hall–Kier alpha value is -0.650. The molecule has 6 atom stereocenters. The monoisotopic (exact) mass is 492 g/mol. The van der Waals surface area contributed by atoms with Gasteiger partial charge in [-0.2, -0.15) is 0 Å². The molecular weight excluding hydrogens is 444 g/mol. The van der Waals surface area contributed by atoms with E-state index in [-0.39, 0.29) is 6.10 Å². The number of nitrogens with one attached hydrogen (secondary N) is 1. The van der Waals surface area contributed by atoms with E-state index in [2.05, 4.69) is 31.3 Å². The van der Waals surface area contributed by atoms with Crippen LogP contribution in [0, 0.1) is 17.8 Å². The Morgan fingerprint density at radius 3 is 1.79 bits per heavy atom. The van der Waals surface area contributed by atoms with Gasteiger partial charge in [-0.1, -0.05) is 50.4 Å². The molecule has 4 N–H and O–H groups in total. The summed E-state index contributed by atoms with van der Waals surface area (Å²) >= 11 is 5.84. The number of epoxide rings is 1. The smallest absolute Gasteiger partial charge is 0.0841 e. The number of hydrogen-bond acceptors (Lipinski definition) is 4. The van der Waals surface area contributed by atoms with E-state index in [4.69, 9.17) is 27.2 Å². The van der Waals surface area contributed by atoms with Crippen LogP contribution < -0.4 is 11.1 Å². The number of aliphatic hydroxyl groups is 1. The fourth-order valence-electron chi connectivity index (χ4n) is 5.55. The molecule has 5 heteroatoms. The van der Waals surface area contributed by atoms with Crippen LogP contribution >= 0.6 is 11.6 Å². The fraction of sp³-hybridized carbons (Fsp3) is 0.793. The van der Waals surface area contributed by atoms with Crippen molar-refractivity contribution in [2.24, 2.45) is 23.5 Å². The minimum Gasteiger partial charge on any atom is -0.393 e. The van der Waals surface area contributed by atoms with Crippen LogP contribution in [0.25, 0.3) is 0 Å². The van der Waals surface area contributed by atoms with Crippen molar-refractivity contribution in [3.05, 3.63) is 34.9 Å². The van der Waals surface area contributed by atoms with E-state index < -0.39 is 0 Å². The molecule has 0 aromatic heterocycles. The molecule has 1 aromatic rings. The molecule has 5 fully saturated rings. The molecule has 2 heterocycles. The van der Waals surface area contributed by atoms with E-state index in [1.165, 1.54) is 89.3 Å². The summed E-state index contributed by atoms with van der Waals surface area (Å²) in [6.07, 6.45) is 16.8. The van der Waals surface area contributed by atoms with Crippen LogP contribution in [0.1, 0.15) is 90.0 Å². The third-order valence-corrected chi connectivity index (χ3v) is 8.56. The minimum absolute atomic E-state index is 0.0139. The lowest BCUT2D eigenvalue weighted by Crippen LogP contribution is -2.28. The average molecular weight is 493 g/mol. The third-order valence-electron chi connectivity index (χ3n) is 8.31. The van der Waals surface area contributed by atoms with Crippen LogP contribution in [-0.2, 0) is 11.2 Å². The molecule has 4 nitrogen and oxygen atoms in total. The Bertz CT molecular complexity index is 637. The lowest BCUT2D eigenvalue weighted by Gasteiger charge is -2.22. The SMILES string of the molecule is C1CC2OC2C1.C[C@@H]1CCC[C@H]1N.C[C@@H]1CCC[C@H]1O.Clc1ccc(CC2CCNCC2)cc1. The zero-order valence-corrected chi connectivity index (χ0v) is 22.3. The first-order valence-electron chi connectivity index (χ1n) is 14.0. The largest absolute Gasteiger partial charge is 0.393 e. The molecule has 194 valence electrons. The highest BCUT2D eigenvalue weighted by Gasteiger charge is 2.42. The number of benzene rings is 1. The Labute approximate surface area is 213 Å². The highest BCUT2D eigenvalue weighted by Crippen LogP contribution is 2.37. The molecule has 2 saturated heterocycles. The predicted molar refractivity (Wildman–Crippen MR) is 143 cm³/mol. The Morgan fingerprint density at radius 1 is 0.853 bits per heavy atom. The number of aliphatic hydroxyl groups excluding tert-OH is 1. The summed E-state index contributed by atoms with van der Waals surface area (Å²) in [5, 5.41) is 13.2. The molecule has 2 aliphatic heterocycles. The van der Waals surface area contributed by atoms with Gasteiger partial charge >= 0.3 is 0 Å². The number of rotatable bonds is 2.